The van der Waals surface area contributed by atoms with E-state index < -0.39 is 5.97 Å². The molecular formula is C14H28N2O3. The average Bonchev–Trinajstić information content (AvgIpc) is 2.25. The number of carbonyl (C=O) groups is 2. The summed E-state index contributed by atoms with van der Waals surface area (Å²) >= 11 is 0. The predicted octanol–water partition coefficient (Wildman–Crippen LogP) is 2.47. The number of hydrogen-bond donors (Lipinski definition) is 3. The molecule has 0 aromatic heterocycles. The molecule has 2 amide bonds. The van der Waals surface area contributed by atoms with Crippen LogP contribution in [-0.4, -0.2) is 29.7 Å². The lowest BCUT2D eigenvalue weighted by Crippen LogP contribution is -2.44. The van der Waals surface area contributed by atoms with Gasteiger partial charge >= 0.3 is 12.0 Å². The maximum Gasteiger partial charge on any atom is 0.315 e. The van der Waals surface area contributed by atoms with Crippen LogP contribution >= 0.6 is 0 Å². The Kier molecular flexibility index (Phi) is 8.19. The molecule has 0 heterocycles. The quantitative estimate of drug-likeness (QED) is 0.635. The number of carboxylic acids is 1. The van der Waals surface area contributed by atoms with Crippen LogP contribution in [0.4, 0.5) is 4.79 Å². The molecular weight excluding hydrogens is 244 g/mol. The first-order valence-corrected chi connectivity index (χ1v) is 7.00. The minimum Gasteiger partial charge on any atom is -0.481 e. The lowest BCUT2D eigenvalue weighted by molar-refractivity contribution is -0.137. The number of amides is 2. The number of aliphatic carboxylic acids is 1. The van der Waals surface area contributed by atoms with E-state index in [1.807, 2.05) is 6.92 Å². The van der Waals surface area contributed by atoms with Gasteiger partial charge in [0.05, 0.1) is 0 Å². The van der Waals surface area contributed by atoms with Gasteiger partial charge < -0.3 is 15.7 Å². The highest BCUT2D eigenvalue weighted by Gasteiger charge is 2.18. The molecule has 0 rings (SSSR count). The first-order valence-electron chi connectivity index (χ1n) is 7.00. The first-order chi connectivity index (χ1) is 8.73. The van der Waals surface area contributed by atoms with Crippen molar-refractivity contribution >= 4 is 12.0 Å². The summed E-state index contributed by atoms with van der Waals surface area (Å²) in [6, 6.07) is -0.350. The second-order valence-electron chi connectivity index (χ2n) is 5.84. The highest BCUT2D eigenvalue weighted by molar-refractivity contribution is 5.74. The minimum absolute atomic E-state index is 0.0715. The Bertz CT molecular complexity index is 282. The summed E-state index contributed by atoms with van der Waals surface area (Å²) in [7, 11) is 0. The molecule has 0 saturated carbocycles. The van der Waals surface area contributed by atoms with Crippen molar-refractivity contribution in [3.8, 4) is 0 Å². The summed E-state index contributed by atoms with van der Waals surface area (Å²) in [4.78, 5) is 22.1. The van der Waals surface area contributed by atoms with E-state index in [0.29, 0.717) is 30.7 Å². The number of rotatable bonds is 8. The summed E-state index contributed by atoms with van der Waals surface area (Å²) in [5.41, 5.74) is 0. The van der Waals surface area contributed by atoms with Crippen LogP contribution in [0.3, 0.4) is 0 Å². The van der Waals surface area contributed by atoms with Crippen LogP contribution in [0.1, 0.15) is 47.5 Å². The summed E-state index contributed by atoms with van der Waals surface area (Å²) in [6.45, 7) is 11.1. The third-order valence-electron chi connectivity index (χ3n) is 3.38. The zero-order chi connectivity index (χ0) is 15.0. The van der Waals surface area contributed by atoms with Gasteiger partial charge in [0.25, 0.3) is 0 Å². The molecule has 0 aliphatic carbocycles. The van der Waals surface area contributed by atoms with Gasteiger partial charge in [-0.05, 0) is 31.1 Å². The Morgan fingerprint density at radius 3 is 2.00 bits per heavy atom. The molecule has 3 N–H and O–H groups in total. The molecule has 5 heteroatoms. The summed E-state index contributed by atoms with van der Waals surface area (Å²) in [5.74, 6) is 0.642. The standard InChI is InChI=1S/C14H28N2O3/c1-9(2)12(10(3)4)8-15-14(19)16-11(5)6-7-13(17)18/h9-12H,6-8H2,1-5H3,(H,17,18)(H2,15,16,19). The van der Waals surface area contributed by atoms with Gasteiger partial charge in [-0.25, -0.2) is 4.79 Å². The number of hydrogen-bond acceptors (Lipinski definition) is 2. The van der Waals surface area contributed by atoms with Crippen molar-refractivity contribution in [1.29, 1.82) is 0 Å². The van der Waals surface area contributed by atoms with Gasteiger partial charge in [0, 0.05) is 19.0 Å². The van der Waals surface area contributed by atoms with Crippen LogP contribution in [0, 0.1) is 17.8 Å². The smallest absolute Gasteiger partial charge is 0.315 e. The van der Waals surface area contributed by atoms with Crippen molar-refractivity contribution in [1.82, 2.24) is 10.6 Å². The lowest BCUT2D eigenvalue weighted by Gasteiger charge is -2.25. The van der Waals surface area contributed by atoms with Crippen LogP contribution < -0.4 is 10.6 Å². The first kappa shape index (κ1) is 17.7. The highest BCUT2D eigenvalue weighted by Crippen LogP contribution is 2.19. The fourth-order valence-electron chi connectivity index (χ4n) is 2.14. The van der Waals surface area contributed by atoms with Gasteiger partial charge in [0.2, 0.25) is 0 Å². The zero-order valence-electron chi connectivity index (χ0n) is 12.7. The molecule has 0 spiro atoms. The molecule has 5 nitrogen and oxygen atoms in total. The Morgan fingerprint density at radius 2 is 1.58 bits per heavy atom. The molecule has 0 aliphatic heterocycles. The number of carboxylic acid groups (broad SMARTS) is 1. The maximum absolute atomic E-state index is 11.7. The van der Waals surface area contributed by atoms with Gasteiger partial charge in [-0.3, -0.25) is 4.79 Å². The predicted molar refractivity (Wildman–Crippen MR) is 76.0 cm³/mol. The van der Waals surface area contributed by atoms with Crippen molar-refractivity contribution in [3.63, 3.8) is 0 Å². The molecule has 112 valence electrons. The van der Waals surface area contributed by atoms with E-state index in [4.69, 9.17) is 5.11 Å². The van der Waals surface area contributed by atoms with E-state index in [2.05, 4.69) is 38.3 Å². The Balaban J connectivity index is 4.00. The monoisotopic (exact) mass is 272 g/mol. The summed E-state index contributed by atoms with van der Waals surface area (Å²) in [6.07, 6.45) is 0.516. The van der Waals surface area contributed by atoms with Gasteiger partial charge in [0.15, 0.2) is 0 Å². The zero-order valence-corrected chi connectivity index (χ0v) is 12.7. The van der Waals surface area contributed by atoms with Gasteiger partial charge in [-0.15, -0.1) is 0 Å². The molecule has 0 fully saturated rings. The van der Waals surface area contributed by atoms with E-state index in [-0.39, 0.29) is 18.5 Å². The maximum atomic E-state index is 11.7. The van der Waals surface area contributed by atoms with E-state index in [1.54, 1.807) is 0 Å². The number of nitrogens with one attached hydrogen (secondary N) is 2. The largest absolute Gasteiger partial charge is 0.481 e. The van der Waals surface area contributed by atoms with Crippen LogP contribution in [0.2, 0.25) is 0 Å². The van der Waals surface area contributed by atoms with Crippen LogP contribution in [0.15, 0.2) is 0 Å². The third kappa shape index (κ3) is 8.46. The van der Waals surface area contributed by atoms with E-state index in [0.717, 1.165) is 0 Å². The molecule has 0 radical (unpaired) electrons. The summed E-state index contributed by atoms with van der Waals surface area (Å²) < 4.78 is 0. The summed E-state index contributed by atoms with van der Waals surface area (Å²) in [5, 5.41) is 14.2. The molecule has 0 aromatic rings. The number of urea groups is 1. The number of carbonyl (C=O) groups excluding carboxylic acids is 1. The fraction of sp³-hybridized carbons (Fsp3) is 0.857. The molecule has 0 aliphatic rings. The van der Waals surface area contributed by atoms with Gasteiger partial charge in [0.1, 0.15) is 0 Å². The fourth-order valence-corrected chi connectivity index (χ4v) is 2.14. The lowest BCUT2D eigenvalue weighted by atomic mass is 9.85. The van der Waals surface area contributed by atoms with Crippen molar-refractivity contribution in [3.05, 3.63) is 0 Å². The van der Waals surface area contributed by atoms with Crippen molar-refractivity contribution in [2.75, 3.05) is 6.54 Å². The van der Waals surface area contributed by atoms with E-state index in [1.165, 1.54) is 0 Å². The Hall–Kier alpha value is -1.26. The van der Waals surface area contributed by atoms with Crippen molar-refractivity contribution in [2.45, 2.75) is 53.5 Å². The van der Waals surface area contributed by atoms with Crippen LogP contribution in [0.25, 0.3) is 0 Å². The molecule has 0 aromatic carbocycles. The normalized spacial score (nSPS) is 12.8. The molecule has 1 unspecified atom stereocenters. The molecule has 0 saturated heterocycles. The minimum atomic E-state index is -0.839. The molecule has 19 heavy (non-hydrogen) atoms. The highest BCUT2D eigenvalue weighted by atomic mass is 16.4. The van der Waals surface area contributed by atoms with Gasteiger partial charge in [-0.2, -0.15) is 0 Å². The van der Waals surface area contributed by atoms with Crippen molar-refractivity contribution in [2.24, 2.45) is 17.8 Å². The Labute approximate surface area is 116 Å². The van der Waals surface area contributed by atoms with E-state index in [9.17, 15) is 9.59 Å². The van der Waals surface area contributed by atoms with Crippen molar-refractivity contribution < 1.29 is 14.7 Å². The van der Waals surface area contributed by atoms with Crippen LogP contribution in [0.5, 0.6) is 0 Å². The Morgan fingerprint density at radius 1 is 1.05 bits per heavy atom. The molecule has 0 bridgehead atoms. The topological polar surface area (TPSA) is 78.4 Å². The second kappa shape index (κ2) is 8.77. The second-order valence-corrected chi connectivity index (χ2v) is 5.84. The van der Waals surface area contributed by atoms with E-state index >= 15 is 0 Å². The SMILES string of the molecule is CC(CCC(=O)O)NC(=O)NCC(C(C)C)C(C)C. The molecule has 1 atom stereocenters. The average molecular weight is 272 g/mol. The van der Waals surface area contributed by atoms with Gasteiger partial charge in [-0.1, -0.05) is 27.7 Å². The third-order valence-corrected chi connectivity index (χ3v) is 3.38. The van der Waals surface area contributed by atoms with Crippen LogP contribution in [-0.2, 0) is 4.79 Å².